The average Bonchev–Trinajstić information content (AvgIpc) is 3.49. The largest absolute Gasteiger partial charge is 0.343 e. The van der Waals surface area contributed by atoms with Crippen LogP contribution in [-0.4, -0.2) is 19.9 Å². The second-order valence-electron chi connectivity index (χ2n) is 8.91. The number of ketones is 1. The second kappa shape index (κ2) is 10.4. The van der Waals surface area contributed by atoms with Crippen LogP contribution in [0.2, 0.25) is 0 Å². The van der Waals surface area contributed by atoms with Gasteiger partial charge in [-0.3, -0.25) is 4.79 Å². The number of aryl methyl sites for hydroxylation is 1. The molecular formula is C31H29N3O. The maximum absolute atomic E-state index is 12.9. The zero-order chi connectivity index (χ0) is 24.0. The molecular weight excluding hydrogens is 430 g/mol. The number of carbonyl (C=O) groups excluding carboxylic acids is 1. The Morgan fingerprint density at radius 2 is 1.66 bits per heavy atom. The molecule has 3 aromatic carbocycles. The highest BCUT2D eigenvalue weighted by Crippen LogP contribution is 2.33. The van der Waals surface area contributed by atoms with Crippen molar-refractivity contribution in [2.75, 3.05) is 0 Å². The van der Waals surface area contributed by atoms with E-state index in [1.165, 1.54) is 22.0 Å². The SMILES string of the molecule is Cn1ccnc1C(=O)CCC(/C=C/c1ccccc1)c1cn(Cc2ccccc2)c2ccccc12. The lowest BCUT2D eigenvalue weighted by Gasteiger charge is -2.12. The minimum Gasteiger partial charge on any atom is -0.343 e. The molecule has 0 saturated heterocycles. The summed E-state index contributed by atoms with van der Waals surface area (Å²) in [5.74, 6) is 0.687. The van der Waals surface area contributed by atoms with Gasteiger partial charge in [-0.15, -0.1) is 0 Å². The zero-order valence-corrected chi connectivity index (χ0v) is 19.9. The van der Waals surface area contributed by atoms with Crippen LogP contribution in [0.3, 0.4) is 0 Å². The van der Waals surface area contributed by atoms with E-state index < -0.39 is 0 Å². The molecule has 4 heteroatoms. The minimum absolute atomic E-state index is 0.0728. The van der Waals surface area contributed by atoms with Gasteiger partial charge in [-0.2, -0.15) is 0 Å². The summed E-state index contributed by atoms with van der Waals surface area (Å²) in [6.45, 7) is 0.808. The van der Waals surface area contributed by atoms with Crippen LogP contribution in [0.15, 0.2) is 110 Å². The molecule has 0 aliphatic heterocycles. The third kappa shape index (κ3) is 5.17. The van der Waals surface area contributed by atoms with Gasteiger partial charge in [0.15, 0.2) is 11.6 Å². The Morgan fingerprint density at radius 3 is 2.40 bits per heavy atom. The molecule has 2 aromatic heterocycles. The molecule has 5 rings (SSSR count). The normalized spacial score (nSPS) is 12.4. The molecule has 1 atom stereocenters. The number of aromatic nitrogens is 3. The lowest BCUT2D eigenvalue weighted by atomic mass is 9.91. The van der Waals surface area contributed by atoms with Gasteiger partial charge in [0.2, 0.25) is 0 Å². The van der Waals surface area contributed by atoms with E-state index in [0.717, 1.165) is 12.1 Å². The lowest BCUT2D eigenvalue weighted by molar-refractivity contribution is 0.0966. The molecule has 0 radical (unpaired) electrons. The Morgan fingerprint density at radius 1 is 0.943 bits per heavy atom. The molecule has 35 heavy (non-hydrogen) atoms. The number of carbonyl (C=O) groups is 1. The van der Waals surface area contributed by atoms with E-state index in [1.54, 1.807) is 10.8 Å². The smallest absolute Gasteiger partial charge is 0.198 e. The molecule has 0 aliphatic rings. The van der Waals surface area contributed by atoms with Crippen LogP contribution in [0.1, 0.15) is 46.1 Å². The Labute approximate surface area is 206 Å². The molecule has 0 saturated carbocycles. The predicted molar refractivity (Wildman–Crippen MR) is 142 cm³/mol. The molecule has 0 amide bonds. The van der Waals surface area contributed by atoms with Crippen molar-refractivity contribution in [1.82, 2.24) is 14.1 Å². The van der Waals surface area contributed by atoms with Gasteiger partial charge in [-0.1, -0.05) is 91.0 Å². The maximum Gasteiger partial charge on any atom is 0.198 e. The van der Waals surface area contributed by atoms with Crippen molar-refractivity contribution >= 4 is 22.8 Å². The molecule has 0 aliphatic carbocycles. The standard InChI is InChI=1S/C31H29N3O/c1-33-21-20-32-31(33)30(35)19-18-26(17-16-24-10-4-2-5-11-24)28-23-34(22-25-12-6-3-7-13-25)29-15-9-8-14-27(28)29/h2-17,20-21,23,26H,18-19,22H2,1H3/b17-16+. The van der Waals surface area contributed by atoms with Gasteiger partial charge in [0.1, 0.15) is 0 Å². The van der Waals surface area contributed by atoms with Crippen molar-refractivity contribution in [3.63, 3.8) is 0 Å². The first-order chi connectivity index (χ1) is 17.2. The third-order valence-electron chi connectivity index (χ3n) is 6.49. The van der Waals surface area contributed by atoms with Crippen LogP contribution in [0.4, 0.5) is 0 Å². The number of rotatable bonds is 9. The maximum atomic E-state index is 12.9. The highest BCUT2D eigenvalue weighted by Gasteiger charge is 2.19. The fourth-order valence-corrected chi connectivity index (χ4v) is 4.66. The summed E-state index contributed by atoms with van der Waals surface area (Å²) >= 11 is 0. The number of nitrogens with zero attached hydrogens (tertiary/aromatic N) is 3. The quantitative estimate of drug-likeness (QED) is 0.225. The van der Waals surface area contributed by atoms with E-state index >= 15 is 0 Å². The van der Waals surface area contributed by atoms with E-state index in [4.69, 9.17) is 0 Å². The molecule has 1 unspecified atom stereocenters. The summed E-state index contributed by atoms with van der Waals surface area (Å²) in [6.07, 6.45) is 11.3. The van der Waals surface area contributed by atoms with Gasteiger partial charge in [-0.25, -0.2) is 4.98 Å². The molecule has 2 heterocycles. The van der Waals surface area contributed by atoms with Gasteiger partial charge in [0, 0.05) is 55.4 Å². The first-order valence-corrected chi connectivity index (χ1v) is 12.0. The zero-order valence-electron chi connectivity index (χ0n) is 19.9. The number of hydrogen-bond acceptors (Lipinski definition) is 2. The molecule has 0 spiro atoms. The minimum atomic E-state index is 0.0728. The summed E-state index contributed by atoms with van der Waals surface area (Å²) < 4.78 is 4.12. The Bertz CT molecular complexity index is 1440. The summed E-state index contributed by atoms with van der Waals surface area (Å²) in [4.78, 5) is 17.2. The van der Waals surface area contributed by atoms with Gasteiger partial charge in [-0.05, 0) is 29.2 Å². The number of fused-ring (bicyclic) bond motifs is 1. The fraction of sp³-hybridized carbons (Fsp3) is 0.161. The highest BCUT2D eigenvalue weighted by atomic mass is 16.1. The Balaban J connectivity index is 1.50. The van der Waals surface area contributed by atoms with Gasteiger partial charge >= 0.3 is 0 Å². The predicted octanol–water partition coefficient (Wildman–Crippen LogP) is 6.88. The van der Waals surface area contributed by atoms with Crippen molar-refractivity contribution in [3.8, 4) is 0 Å². The number of imidazole rings is 1. The Hall–Kier alpha value is -4.18. The number of allylic oxidation sites excluding steroid dienone is 1. The van der Waals surface area contributed by atoms with E-state index in [1.807, 2.05) is 37.5 Å². The molecule has 0 fully saturated rings. The number of Topliss-reactive ketones (excluding diaryl/α,β-unsaturated/α-hetero) is 1. The van der Waals surface area contributed by atoms with Crippen LogP contribution >= 0.6 is 0 Å². The van der Waals surface area contributed by atoms with Crippen molar-refractivity contribution in [2.24, 2.45) is 7.05 Å². The second-order valence-corrected chi connectivity index (χ2v) is 8.91. The van der Waals surface area contributed by atoms with E-state index in [2.05, 4.69) is 88.6 Å². The van der Waals surface area contributed by atoms with Crippen molar-refractivity contribution in [2.45, 2.75) is 25.3 Å². The Kier molecular flexibility index (Phi) is 6.71. The van der Waals surface area contributed by atoms with Gasteiger partial charge in [0.25, 0.3) is 0 Å². The van der Waals surface area contributed by atoms with Crippen LogP contribution in [0.25, 0.3) is 17.0 Å². The van der Waals surface area contributed by atoms with Crippen molar-refractivity contribution < 1.29 is 4.79 Å². The number of para-hydroxylation sites is 1. The topological polar surface area (TPSA) is 39.8 Å². The van der Waals surface area contributed by atoms with Crippen molar-refractivity contribution in [1.29, 1.82) is 0 Å². The third-order valence-corrected chi connectivity index (χ3v) is 6.49. The van der Waals surface area contributed by atoms with Gasteiger partial charge < -0.3 is 9.13 Å². The molecule has 0 bridgehead atoms. The summed E-state index contributed by atoms with van der Waals surface area (Å²) in [5, 5.41) is 1.23. The molecule has 4 nitrogen and oxygen atoms in total. The average molecular weight is 460 g/mol. The molecule has 174 valence electrons. The fourth-order valence-electron chi connectivity index (χ4n) is 4.66. The number of benzene rings is 3. The van der Waals surface area contributed by atoms with Gasteiger partial charge in [0.05, 0.1) is 0 Å². The van der Waals surface area contributed by atoms with Crippen LogP contribution in [-0.2, 0) is 13.6 Å². The molecule has 5 aromatic rings. The van der Waals surface area contributed by atoms with Crippen LogP contribution in [0, 0.1) is 0 Å². The summed E-state index contributed by atoms with van der Waals surface area (Å²) in [6, 6.07) is 29.4. The monoisotopic (exact) mass is 459 g/mol. The van der Waals surface area contributed by atoms with Crippen LogP contribution < -0.4 is 0 Å². The first-order valence-electron chi connectivity index (χ1n) is 12.0. The number of hydrogen-bond donors (Lipinski definition) is 0. The van der Waals surface area contributed by atoms with Crippen LogP contribution in [0.5, 0.6) is 0 Å². The van der Waals surface area contributed by atoms with E-state index in [-0.39, 0.29) is 11.7 Å². The van der Waals surface area contributed by atoms with Crippen molar-refractivity contribution in [3.05, 3.63) is 132 Å². The first kappa shape index (κ1) is 22.6. The van der Waals surface area contributed by atoms with E-state index in [0.29, 0.717) is 18.7 Å². The summed E-state index contributed by atoms with van der Waals surface area (Å²) in [5.41, 5.74) is 4.87. The highest BCUT2D eigenvalue weighted by molar-refractivity contribution is 5.93. The lowest BCUT2D eigenvalue weighted by Crippen LogP contribution is -2.09. The molecule has 0 N–H and O–H groups in total. The summed E-state index contributed by atoms with van der Waals surface area (Å²) in [7, 11) is 1.87. The van der Waals surface area contributed by atoms with E-state index in [9.17, 15) is 4.79 Å².